The Hall–Kier alpha value is -1.75. The third kappa shape index (κ3) is 2.51. The van der Waals surface area contributed by atoms with Crippen molar-refractivity contribution < 1.29 is 19.4 Å². The van der Waals surface area contributed by atoms with Gasteiger partial charge in [0.25, 0.3) is 5.91 Å². The van der Waals surface area contributed by atoms with Crippen LogP contribution in [0.15, 0.2) is 18.2 Å². The summed E-state index contributed by atoms with van der Waals surface area (Å²) in [6.45, 7) is -0.0367. The lowest BCUT2D eigenvalue weighted by Gasteiger charge is -2.41. The molecule has 19 heavy (non-hydrogen) atoms. The van der Waals surface area contributed by atoms with Crippen molar-refractivity contribution in [3.05, 3.63) is 23.8 Å². The Morgan fingerprint density at radius 3 is 2.58 bits per heavy atom. The fourth-order valence-corrected chi connectivity index (χ4v) is 2.30. The minimum absolute atomic E-state index is 0.0367. The van der Waals surface area contributed by atoms with Crippen molar-refractivity contribution in [1.29, 1.82) is 0 Å². The summed E-state index contributed by atoms with van der Waals surface area (Å²) in [5.41, 5.74) is -0.0490. The number of hydrogen-bond donors (Lipinski definition) is 2. The number of carbonyl (C=O) groups is 1. The first-order valence-corrected chi connectivity index (χ1v) is 6.30. The van der Waals surface area contributed by atoms with E-state index in [0.717, 1.165) is 19.3 Å². The molecule has 5 heteroatoms. The lowest BCUT2D eigenvalue weighted by atomic mass is 9.77. The van der Waals surface area contributed by atoms with Gasteiger partial charge in [-0.15, -0.1) is 0 Å². The molecule has 104 valence electrons. The van der Waals surface area contributed by atoms with Crippen molar-refractivity contribution in [2.24, 2.45) is 0 Å². The maximum Gasteiger partial charge on any atom is 0.255 e. The largest absolute Gasteiger partial charge is 0.493 e. The summed E-state index contributed by atoms with van der Waals surface area (Å²) in [4.78, 5) is 12.3. The van der Waals surface area contributed by atoms with Gasteiger partial charge in [-0.25, -0.2) is 0 Å². The Labute approximate surface area is 112 Å². The highest BCUT2D eigenvalue weighted by molar-refractivity contribution is 5.98. The molecule has 2 rings (SSSR count). The first kappa shape index (κ1) is 13.7. The second kappa shape index (κ2) is 5.48. The summed E-state index contributed by atoms with van der Waals surface area (Å²) in [5.74, 6) is 0.682. The number of aliphatic hydroxyl groups excluding tert-OH is 1. The van der Waals surface area contributed by atoms with Crippen molar-refractivity contribution >= 4 is 5.91 Å². The van der Waals surface area contributed by atoms with E-state index >= 15 is 0 Å². The average Bonchev–Trinajstić information content (AvgIpc) is 2.41. The molecule has 1 aliphatic carbocycles. The Bertz CT molecular complexity index is 463. The summed E-state index contributed by atoms with van der Waals surface area (Å²) < 4.78 is 10.4. The van der Waals surface area contributed by atoms with Gasteiger partial charge in [0.2, 0.25) is 0 Å². The van der Waals surface area contributed by atoms with Crippen molar-refractivity contribution in [2.45, 2.75) is 24.8 Å². The Morgan fingerprint density at radius 2 is 2.11 bits per heavy atom. The van der Waals surface area contributed by atoms with Crippen LogP contribution in [0.4, 0.5) is 0 Å². The summed E-state index contributed by atoms with van der Waals surface area (Å²) in [7, 11) is 3.03. The Kier molecular flexibility index (Phi) is 3.95. The molecule has 0 atom stereocenters. The van der Waals surface area contributed by atoms with Crippen LogP contribution in [0.2, 0.25) is 0 Å². The van der Waals surface area contributed by atoms with E-state index in [2.05, 4.69) is 5.32 Å². The second-order valence-corrected chi connectivity index (χ2v) is 4.79. The van der Waals surface area contributed by atoms with Crippen molar-refractivity contribution in [3.8, 4) is 11.5 Å². The summed E-state index contributed by atoms with van der Waals surface area (Å²) in [6.07, 6.45) is 2.64. The predicted octanol–water partition coefficient (Wildman–Crippen LogP) is 1.35. The lowest BCUT2D eigenvalue weighted by molar-refractivity contribution is 0.0639. The summed E-state index contributed by atoms with van der Waals surface area (Å²) in [5, 5.41) is 12.3. The topological polar surface area (TPSA) is 67.8 Å². The van der Waals surface area contributed by atoms with Crippen LogP contribution in [-0.4, -0.2) is 37.4 Å². The van der Waals surface area contributed by atoms with Gasteiger partial charge in [-0.1, -0.05) is 6.07 Å². The number of amides is 1. The van der Waals surface area contributed by atoms with Crippen LogP contribution in [0, 0.1) is 0 Å². The zero-order chi connectivity index (χ0) is 13.9. The van der Waals surface area contributed by atoms with E-state index in [1.165, 1.54) is 14.2 Å². The minimum atomic E-state index is -0.467. The van der Waals surface area contributed by atoms with E-state index in [4.69, 9.17) is 9.47 Å². The molecule has 1 fully saturated rings. The van der Waals surface area contributed by atoms with Gasteiger partial charge in [-0.3, -0.25) is 4.79 Å². The van der Waals surface area contributed by atoms with E-state index in [9.17, 15) is 9.90 Å². The van der Waals surface area contributed by atoms with Crippen LogP contribution in [0.3, 0.4) is 0 Å². The SMILES string of the molecule is COc1cccc(C(=O)NC2(CO)CCC2)c1OC. The van der Waals surface area contributed by atoms with Crippen molar-refractivity contribution in [3.63, 3.8) is 0 Å². The molecule has 0 aliphatic heterocycles. The van der Waals surface area contributed by atoms with Crippen molar-refractivity contribution in [2.75, 3.05) is 20.8 Å². The molecule has 1 aliphatic rings. The Morgan fingerprint density at radius 1 is 1.37 bits per heavy atom. The van der Waals surface area contributed by atoms with Gasteiger partial charge < -0.3 is 19.9 Å². The third-order valence-corrected chi connectivity index (χ3v) is 3.64. The zero-order valence-electron chi connectivity index (χ0n) is 11.2. The smallest absolute Gasteiger partial charge is 0.255 e. The fourth-order valence-electron chi connectivity index (χ4n) is 2.30. The highest BCUT2D eigenvalue weighted by atomic mass is 16.5. The van der Waals surface area contributed by atoms with Crippen LogP contribution in [-0.2, 0) is 0 Å². The maximum absolute atomic E-state index is 12.3. The molecule has 0 aromatic heterocycles. The van der Waals surface area contributed by atoms with Gasteiger partial charge in [-0.2, -0.15) is 0 Å². The van der Waals surface area contributed by atoms with E-state index in [0.29, 0.717) is 17.1 Å². The van der Waals surface area contributed by atoms with Crippen LogP contribution < -0.4 is 14.8 Å². The van der Waals surface area contributed by atoms with Crippen LogP contribution in [0.1, 0.15) is 29.6 Å². The number of hydrogen-bond acceptors (Lipinski definition) is 4. The van der Waals surface area contributed by atoms with E-state index < -0.39 is 5.54 Å². The monoisotopic (exact) mass is 265 g/mol. The first-order valence-electron chi connectivity index (χ1n) is 6.30. The maximum atomic E-state index is 12.3. The summed E-state index contributed by atoms with van der Waals surface area (Å²) >= 11 is 0. The highest BCUT2D eigenvalue weighted by Gasteiger charge is 2.38. The van der Waals surface area contributed by atoms with Crippen LogP contribution >= 0.6 is 0 Å². The van der Waals surface area contributed by atoms with E-state index in [-0.39, 0.29) is 12.5 Å². The van der Waals surface area contributed by atoms with Gasteiger partial charge in [0.15, 0.2) is 11.5 Å². The fraction of sp³-hybridized carbons (Fsp3) is 0.500. The van der Waals surface area contributed by atoms with E-state index in [1.807, 2.05) is 0 Å². The number of benzene rings is 1. The second-order valence-electron chi connectivity index (χ2n) is 4.79. The van der Waals surface area contributed by atoms with Crippen molar-refractivity contribution in [1.82, 2.24) is 5.32 Å². The molecule has 0 unspecified atom stereocenters. The molecule has 0 heterocycles. The molecule has 1 saturated carbocycles. The number of ether oxygens (including phenoxy) is 2. The molecular formula is C14H19NO4. The molecule has 0 spiro atoms. The number of methoxy groups -OCH3 is 2. The molecule has 1 aromatic rings. The predicted molar refractivity (Wildman–Crippen MR) is 70.7 cm³/mol. The van der Waals surface area contributed by atoms with Gasteiger partial charge in [0, 0.05) is 0 Å². The molecule has 1 amide bonds. The minimum Gasteiger partial charge on any atom is -0.493 e. The first-order chi connectivity index (χ1) is 9.15. The molecule has 5 nitrogen and oxygen atoms in total. The van der Waals surface area contributed by atoms with E-state index in [1.54, 1.807) is 18.2 Å². The van der Waals surface area contributed by atoms with Crippen LogP contribution in [0.25, 0.3) is 0 Å². The standard InChI is InChI=1S/C14H19NO4/c1-18-11-6-3-5-10(12(11)19-2)13(17)15-14(9-16)7-4-8-14/h3,5-6,16H,4,7-9H2,1-2H3,(H,15,17). The highest BCUT2D eigenvalue weighted by Crippen LogP contribution is 2.34. The number of carbonyl (C=O) groups excluding carboxylic acids is 1. The Balaban J connectivity index is 2.23. The van der Waals surface area contributed by atoms with Gasteiger partial charge in [0.05, 0.1) is 31.9 Å². The quantitative estimate of drug-likeness (QED) is 0.843. The third-order valence-electron chi connectivity index (χ3n) is 3.64. The molecule has 0 bridgehead atoms. The molecule has 2 N–H and O–H groups in total. The molecule has 0 radical (unpaired) electrons. The zero-order valence-corrected chi connectivity index (χ0v) is 11.2. The van der Waals surface area contributed by atoms with Gasteiger partial charge in [-0.05, 0) is 31.4 Å². The molecule has 0 saturated heterocycles. The lowest BCUT2D eigenvalue weighted by Crippen LogP contribution is -2.56. The number of rotatable bonds is 5. The summed E-state index contributed by atoms with van der Waals surface area (Å²) in [6, 6.07) is 5.16. The van der Waals surface area contributed by atoms with Crippen LogP contribution in [0.5, 0.6) is 11.5 Å². The number of nitrogens with one attached hydrogen (secondary N) is 1. The number of aliphatic hydroxyl groups is 1. The molecular weight excluding hydrogens is 246 g/mol. The normalized spacial score (nSPS) is 16.4. The average molecular weight is 265 g/mol. The van der Waals surface area contributed by atoms with Gasteiger partial charge >= 0.3 is 0 Å². The number of para-hydroxylation sites is 1. The molecule has 1 aromatic carbocycles. The van der Waals surface area contributed by atoms with Gasteiger partial charge in [0.1, 0.15) is 0 Å².